The van der Waals surface area contributed by atoms with Gasteiger partial charge in [-0.05, 0) is 37.5 Å². The number of benzene rings is 1. The van der Waals surface area contributed by atoms with Crippen molar-refractivity contribution in [2.45, 2.75) is 32.9 Å². The monoisotopic (exact) mass is 348 g/mol. The minimum absolute atomic E-state index is 0.160. The van der Waals surface area contributed by atoms with Crippen LogP contribution in [0.3, 0.4) is 0 Å². The number of morpholine rings is 1. The van der Waals surface area contributed by atoms with Crippen molar-refractivity contribution in [3.8, 4) is 0 Å². The summed E-state index contributed by atoms with van der Waals surface area (Å²) >= 11 is 0. The van der Waals surface area contributed by atoms with Crippen LogP contribution >= 0.6 is 0 Å². The van der Waals surface area contributed by atoms with Crippen molar-refractivity contribution in [3.63, 3.8) is 0 Å². The molecular weight excluding hydrogens is 319 g/mol. The number of halogens is 1. The van der Waals surface area contributed by atoms with Crippen molar-refractivity contribution < 1.29 is 9.13 Å². The zero-order chi connectivity index (χ0) is 17.6. The zero-order valence-corrected chi connectivity index (χ0v) is 15.3. The normalized spacial score (nSPS) is 22.4. The van der Waals surface area contributed by atoms with Gasteiger partial charge in [0.15, 0.2) is 5.96 Å². The SMILES string of the molecule is CCNC(=NCc1ccc(F)c(C)c1)N1CCC(N2CCOCC2)C1. The van der Waals surface area contributed by atoms with Crippen LogP contribution in [0.2, 0.25) is 0 Å². The maximum Gasteiger partial charge on any atom is 0.194 e. The summed E-state index contributed by atoms with van der Waals surface area (Å²) in [6, 6.07) is 5.80. The largest absolute Gasteiger partial charge is 0.379 e. The lowest BCUT2D eigenvalue weighted by atomic mass is 10.1. The summed E-state index contributed by atoms with van der Waals surface area (Å²) in [5.74, 6) is 0.799. The molecule has 25 heavy (non-hydrogen) atoms. The molecule has 0 bridgehead atoms. The van der Waals surface area contributed by atoms with E-state index in [0.29, 0.717) is 18.2 Å². The Morgan fingerprint density at radius 3 is 2.84 bits per heavy atom. The molecular formula is C19H29FN4O. The molecule has 0 spiro atoms. The molecule has 138 valence electrons. The predicted molar refractivity (Wildman–Crippen MR) is 98.3 cm³/mol. The molecule has 1 unspecified atom stereocenters. The standard InChI is InChI=1S/C19H29FN4O/c1-3-21-19(22-13-16-4-5-18(20)15(2)12-16)24-7-6-17(14-24)23-8-10-25-11-9-23/h4-5,12,17H,3,6-11,13-14H2,1-2H3,(H,21,22). The minimum atomic E-state index is -0.160. The van der Waals surface area contributed by atoms with Gasteiger partial charge in [-0.15, -0.1) is 0 Å². The highest BCUT2D eigenvalue weighted by Gasteiger charge is 2.30. The number of likely N-dealkylation sites (tertiary alicyclic amines) is 1. The second-order valence-electron chi connectivity index (χ2n) is 6.79. The third-order valence-electron chi connectivity index (χ3n) is 4.99. The van der Waals surface area contributed by atoms with E-state index in [4.69, 9.17) is 9.73 Å². The molecule has 1 aromatic rings. The fourth-order valence-electron chi connectivity index (χ4n) is 3.57. The van der Waals surface area contributed by atoms with Gasteiger partial charge in [0, 0.05) is 38.8 Å². The summed E-state index contributed by atoms with van der Waals surface area (Å²) < 4.78 is 18.9. The number of ether oxygens (including phenoxy) is 1. The maximum atomic E-state index is 13.4. The Morgan fingerprint density at radius 1 is 1.32 bits per heavy atom. The van der Waals surface area contributed by atoms with Crippen LogP contribution in [-0.2, 0) is 11.3 Å². The smallest absolute Gasteiger partial charge is 0.194 e. The molecule has 1 atom stereocenters. The first-order valence-electron chi connectivity index (χ1n) is 9.27. The van der Waals surface area contributed by atoms with Gasteiger partial charge in [0.2, 0.25) is 0 Å². The molecule has 2 aliphatic heterocycles. The van der Waals surface area contributed by atoms with E-state index in [2.05, 4.69) is 22.0 Å². The van der Waals surface area contributed by atoms with Crippen LogP contribution in [-0.4, -0.2) is 67.7 Å². The fourth-order valence-corrected chi connectivity index (χ4v) is 3.57. The van der Waals surface area contributed by atoms with Gasteiger partial charge in [0.05, 0.1) is 19.8 Å². The first kappa shape index (κ1) is 18.1. The van der Waals surface area contributed by atoms with E-state index in [9.17, 15) is 4.39 Å². The van der Waals surface area contributed by atoms with Crippen LogP contribution in [0.1, 0.15) is 24.5 Å². The van der Waals surface area contributed by atoms with Gasteiger partial charge < -0.3 is 15.0 Å². The molecule has 2 saturated heterocycles. The Kier molecular flexibility index (Phi) is 6.26. The van der Waals surface area contributed by atoms with Gasteiger partial charge in [-0.25, -0.2) is 9.38 Å². The summed E-state index contributed by atoms with van der Waals surface area (Å²) in [5, 5.41) is 3.40. The van der Waals surface area contributed by atoms with Crippen LogP contribution in [0, 0.1) is 12.7 Å². The lowest BCUT2D eigenvalue weighted by molar-refractivity contribution is 0.0195. The highest BCUT2D eigenvalue weighted by atomic mass is 19.1. The molecule has 0 aromatic heterocycles. The molecule has 0 radical (unpaired) electrons. The molecule has 2 aliphatic rings. The highest BCUT2D eigenvalue weighted by Crippen LogP contribution is 2.17. The minimum Gasteiger partial charge on any atom is -0.379 e. The number of rotatable bonds is 4. The van der Waals surface area contributed by atoms with E-state index in [1.165, 1.54) is 12.5 Å². The van der Waals surface area contributed by atoms with Crippen molar-refractivity contribution in [1.82, 2.24) is 15.1 Å². The molecule has 5 nitrogen and oxygen atoms in total. The summed E-state index contributed by atoms with van der Waals surface area (Å²) in [7, 11) is 0. The van der Waals surface area contributed by atoms with Crippen LogP contribution in [0.5, 0.6) is 0 Å². The zero-order valence-electron chi connectivity index (χ0n) is 15.3. The van der Waals surface area contributed by atoms with Crippen molar-refractivity contribution in [2.75, 3.05) is 45.9 Å². The number of guanidine groups is 1. The first-order chi connectivity index (χ1) is 12.2. The quantitative estimate of drug-likeness (QED) is 0.667. The van der Waals surface area contributed by atoms with Gasteiger partial charge in [0.25, 0.3) is 0 Å². The Hall–Kier alpha value is -1.66. The topological polar surface area (TPSA) is 40.1 Å². The summed E-state index contributed by atoms with van der Waals surface area (Å²) in [5.41, 5.74) is 1.71. The number of aryl methyl sites for hydroxylation is 1. The van der Waals surface area contributed by atoms with Crippen LogP contribution in [0.25, 0.3) is 0 Å². The van der Waals surface area contributed by atoms with Gasteiger partial charge in [-0.1, -0.05) is 12.1 Å². The Morgan fingerprint density at radius 2 is 2.12 bits per heavy atom. The Labute approximate surface area is 149 Å². The first-order valence-corrected chi connectivity index (χ1v) is 9.27. The van der Waals surface area contributed by atoms with Crippen molar-refractivity contribution >= 4 is 5.96 Å². The van der Waals surface area contributed by atoms with E-state index >= 15 is 0 Å². The van der Waals surface area contributed by atoms with Gasteiger partial charge >= 0.3 is 0 Å². The van der Waals surface area contributed by atoms with E-state index in [1.807, 2.05) is 12.1 Å². The predicted octanol–water partition coefficient (Wildman–Crippen LogP) is 2.01. The average Bonchev–Trinajstić information content (AvgIpc) is 3.12. The van der Waals surface area contributed by atoms with E-state index in [1.54, 1.807) is 6.92 Å². The Bertz CT molecular complexity index is 601. The number of hydrogen-bond acceptors (Lipinski definition) is 3. The van der Waals surface area contributed by atoms with Gasteiger partial charge in [-0.3, -0.25) is 4.90 Å². The third-order valence-corrected chi connectivity index (χ3v) is 4.99. The second-order valence-corrected chi connectivity index (χ2v) is 6.79. The number of nitrogens with zero attached hydrogens (tertiary/aromatic N) is 3. The van der Waals surface area contributed by atoms with Crippen molar-refractivity contribution in [3.05, 3.63) is 35.1 Å². The van der Waals surface area contributed by atoms with Crippen molar-refractivity contribution in [2.24, 2.45) is 4.99 Å². The summed E-state index contributed by atoms with van der Waals surface area (Å²) in [6.07, 6.45) is 1.17. The fraction of sp³-hybridized carbons (Fsp3) is 0.632. The molecule has 2 heterocycles. The lowest BCUT2D eigenvalue weighted by Crippen LogP contribution is -2.46. The Balaban J connectivity index is 1.62. The third kappa shape index (κ3) is 4.70. The van der Waals surface area contributed by atoms with Gasteiger partial charge in [-0.2, -0.15) is 0 Å². The molecule has 1 aromatic carbocycles. The molecule has 0 amide bonds. The van der Waals surface area contributed by atoms with Crippen LogP contribution in [0.15, 0.2) is 23.2 Å². The molecule has 3 rings (SSSR count). The summed E-state index contributed by atoms with van der Waals surface area (Å²) in [4.78, 5) is 9.67. The molecule has 1 N–H and O–H groups in total. The van der Waals surface area contributed by atoms with Crippen molar-refractivity contribution in [1.29, 1.82) is 0 Å². The highest BCUT2D eigenvalue weighted by molar-refractivity contribution is 5.80. The average molecular weight is 348 g/mol. The van der Waals surface area contributed by atoms with Crippen LogP contribution < -0.4 is 5.32 Å². The van der Waals surface area contributed by atoms with E-state index in [0.717, 1.165) is 57.5 Å². The molecule has 6 heteroatoms. The van der Waals surface area contributed by atoms with E-state index < -0.39 is 0 Å². The molecule has 2 fully saturated rings. The maximum absolute atomic E-state index is 13.4. The molecule has 0 saturated carbocycles. The number of nitrogens with one attached hydrogen (secondary N) is 1. The molecule has 0 aliphatic carbocycles. The van der Waals surface area contributed by atoms with Crippen LogP contribution in [0.4, 0.5) is 4.39 Å². The number of aliphatic imine (C=N–C) groups is 1. The van der Waals surface area contributed by atoms with E-state index in [-0.39, 0.29) is 5.82 Å². The second kappa shape index (κ2) is 8.63. The number of hydrogen-bond donors (Lipinski definition) is 1. The van der Waals surface area contributed by atoms with Gasteiger partial charge in [0.1, 0.15) is 5.82 Å². The lowest BCUT2D eigenvalue weighted by Gasteiger charge is -2.32. The summed E-state index contributed by atoms with van der Waals surface area (Å²) in [6.45, 7) is 11.1.